The Bertz CT molecular complexity index is 989. The maximum atomic E-state index is 12.3. The van der Waals surface area contributed by atoms with Crippen molar-refractivity contribution in [3.05, 3.63) is 138 Å². The Morgan fingerprint density at radius 1 is 0.621 bits per heavy atom. The minimum atomic E-state index is -1.26. The fourth-order valence-electron chi connectivity index (χ4n) is 3.77. The Kier molecular flexibility index (Phi) is 5.46. The van der Waals surface area contributed by atoms with E-state index in [9.17, 15) is 5.11 Å². The summed E-state index contributed by atoms with van der Waals surface area (Å²) in [7, 11) is 0. The molecule has 1 unspecified atom stereocenters. The van der Waals surface area contributed by atoms with E-state index in [4.69, 9.17) is 0 Å². The maximum absolute atomic E-state index is 12.3. The molecule has 0 saturated heterocycles. The van der Waals surface area contributed by atoms with Crippen LogP contribution in [0.25, 0.3) is 0 Å². The second kappa shape index (κ2) is 8.34. The van der Waals surface area contributed by atoms with Crippen molar-refractivity contribution in [3.8, 4) is 0 Å². The first-order valence-electron chi connectivity index (χ1n) is 9.89. The van der Waals surface area contributed by atoms with Crippen LogP contribution in [0.1, 0.15) is 28.3 Å². The van der Waals surface area contributed by atoms with Crippen LogP contribution in [-0.2, 0) is 5.60 Å². The molecule has 0 aromatic heterocycles. The molecule has 0 radical (unpaired) electrons. The summed E-state index contributed by atoms with van der Waals surface area (Å²) in [5.74, 6) is 0. The van der Waals surface area contributed by atoms with Gasteiger partial charge in [0.05, 0.1) is 6.04 Å². The van der Waals surface area contributed by atoms with Crippen molar-refractivity contribution in [2.45, 2.75) is 18.6 Å². The summed E-state index contributed by atoms with van der Waals surface area (Å²) in [4.78, 5) is 0. The Morgan fingerprint density at radius 3 is 1.55 bits per heavy atom. The first-order chi connectivity index (χ1) is 14.2. The van der Waals surface area contributed by atoms with Crippen molar-refractivity contribution in [1.82, 2.24) is 0 Å². The second-order valence-corrected chi connectivity index (χ2v) is 7.35. The average molecular weight is 380 g/mol. The van der Waals surface area contributed by atoms with Crippen LogP contribution in [0.15, 0.2) is 115 Å². The van der Waals surface area contributed by atoms with Crippen LogP contribution in [-0.4, -0.2) is 5.11 Å². The van der Waals surface area contributed by atoms with E-state index in [2.05, 4.69) is 36.5 Å². The zero-order chi connectivity index (χ0) is 20.1. The van der Waals surface area contributed by atoms with Crippen molar-refractivity contribution in [3.63, 3.8) is 0 Å². The Morgan fingerprint density at radius 2 is 1.07 bits per heavy atom. The highest BCUT2D eigenvalue weighted by atomic mass is 16.3. The van der Waals surface area contributed by atoms with Crippen molar-refractivity contribution < 1.29 is 5.11 Å². The van der Waals surface area contributed by atoms with E-state index in [-0.39, 0.29) is 6.04 Å². The molecule has 0 aliphatic rings. The third kappa shape index (κ3) is 3.94. The summed E-state index contributed by atoms with van der Waals surface area (Å²) in [6, 6.07) is 37.8. The van der Waals surface area contributed by atoms with Crippen molar-refractivity contribution >= 4 is 5.69 Å². The molecule has 0 heterocycles. The SMILES string of the molecule is Cc1ccc(C(Nc2ccccc2)C(O)(c2ccccc2)c2ccccc2)cc1. The van der Waals surface area contributed by atoms with Crippen LogP contribution in [0.3, 0.4) is 0 Å². The third-order valence-electron chi connectivity index (χ3n) is 5.34. The lowest BCUT2D eigenvalue weighted by molar-refractivity contribution is 0.0585. The van der Waals surface area contributed by atoms with Gasteiger partial charge in [0.2, 0.25) is 0 Å². The van der Waals surface area contributed by atoms with Gasteiger partial charge in [-0.3, -0.25) is 0 Å². The molecule has 0 saturated carbocycles. The molecule has 2 N–H and O–H groups in total. The van der Waals surface area contributed by atoms with Gasteiger partial charge >= 0.3 is 0 Å². The predicted octanol–water partition coefficient (Wildman–Crippen LogP) is 6.08. The minimum Gasteiger partial charge on any atom is -0.378 e. The summed E-state index contributed by atoms with van der Waals surface area (Å²) in [6.07, 6.45) is 0. The summed E-state index contributed by atoms with van der Waals surface area (Å²) in [5.41, 5.74) is 3.61. The number of rotatable bonds is 6. The number of anilines is 1. The highest BCUT2D eigenvalue weighted by Crippen LogP contribution is 2.43. The first-order valence-corrected chi connectivity index (χ1v) is 9.89. The van der Waals surface area contributed by atoms with Crippen molar-refractivity contribution in [2.75, 3.05) is 5.32 Å². The van der Waals surface area contributed by atoms with E-state index in [1.807, 2.05) is 91.0 Å². The number of hydrogen-bond donors (Lipinski definition) is 2. The van der Waals surface area contributed by atoms with E-state index >= 15 is 0 Å². The fourth-order valence-corrected chi connectivity index (χ4v) is 3.77. The summed E-state index contributed by atoms with van der Waals surface area (Å²) in [6.45, 7) is 2.07. The standard InChI is InChI=1S/C27H25NO/c1-21-17-19-22(20-18-21)26(28-25-15-9-4-10-16-25)27(29,23-11-5-2-6-12-23)24-13-7-3-8-14-24/h2-20,26,28-29H,1H3. The summed E-state index contributed by atoms with van der Waals surface area (Å²) >= 11 is 0. The van der Waals surface area contributed by atoms with Crippen molar-refractivity contribution in [2.24, 2.45) is 0 Å². The van der Waals surface area contributed by atoms with E-state index in [1.165, 1.54) is 5.56 Å². The molecule has 0 amide bonds. The van der Waals surface area contributed by atoms with Gasteiger partial charge in [0, 0.05) is 5.69 Å². The van der Waals surface area contributed by atoms with Gasteiger partial charge in [-0.25, -0.2) is 0 Å². The molecule has 0 bridgehead atoms. The molecule has 2 heteroatoms. The molecular weight excluding hydrogens is 354 g/mol. The van der Waals surface area contributed by atoms with Gasteiger partial charge in [0.25, 0.3) is 0 Å². The summed E-state index contributed by atoms with van der Waals surface area (Å²) in [5, 5.41) is 15.9. The molecule has 0 spiro atoms. The molecule has 4 aromatic carbocycles. The quantitative estimate of drug-likeness (QED) is 0.425. The van der Waals surface area contributed by atoms with E-state index in [0.29, 0.717) is 0 Å². The molecule has 4 aromatic rings. The fraction of sp³-hybridized carbons (Fsp3) is 0.111. The average Bonchev–Trinajstić information content (AvgIpc) is 2.79. The molecule has 0 aliphatic heterocycles. The maximum Gasteiger partial charge on any atom is 0.139 e. The van der Waals surface area contributed by atoms with Crippen LogP contribution in [0, 0.1) is 6.92 Å². The Balaban J connectivity index is 1.91. The predicted molar refractivity (Wildman–Crippen MR) is 120 cm³/mol. The third-order valence-corrected chi connectivity index (χ3v) is 5.34. The van der Waals surface area contributed by atoms with Crippen molar-refractivity contribution in [1.29, 1.82) is 0 Å². The normalized spacial score (nSPS) is 12.3. The molecule has 0 fully saturated rings. The van der Waals surface area contributed by atoms with Crippen LogP contribution in [0.5, 0.6) is 0 Å². The second-order valence-electron chi connectivity index (χ2n) is 7.35. The minimum absolute atomic E-state index is 0.379. The van der Waals surface area contributed by atoms with Gasteiger partial charge in [-0.15, -0.1) is 0 Å². The van der Waals surface area contributed by atoms with E-state index in [1.54, 1.807) is 0 Å². The van der Waals surface area contributed by atoms with Crippen LogP contribution >= 0.6 is 0 Å². The molecule has 2 nitrogen and oxygen atoms in total. The Labute approximate surface area is 172 Å². The molecule has 4 rings (SSSR count). The topological polar surface area (TPSA) is 32.3 Å². The van der Waals surface area contributed by atoms with Gasteiger partial charge in [-0.2, -0.15) is 0 Å². The molecule has 0 aliphatic carbocycles. The lowest BCUT2D eigenvalue weighted by Crippen LogP contribution is -2.39. The number of nitrogens with one attached hydrogen (secondary N) is 1. The number of aryl methyl sites for hydroxylation is 1. The lowest BCUT2D eigenvalue weighted by Gasteiger charge is -2.39. The zero-order valence-electron chi connectivity index (χ0n) is 16.5. The number of hydrogen-bond acceptors (Lipinski definition) is 2. The highest BCUT2D eigenvalue weighted by Gasteiger charge is 2.41. The Hall–Kier alpha value is -3.36. The van der Waals surface area contributed by atoms with Crippen LogP contribution in [0.4, 0.5) is 5.69 Å². The van der Waals surface area contributed by atoms with E-state index in [0.717, 1.165) is 22.4 Å². The number of para-hydroxylation sites is 1. The smallest absolute Gasteiger partial charge is 0.139 e. The van der Waals surface area contributed by atoms with Gasteiger partial charge in [0.1, 0.15) is 5.60 Å². The van der Waals surface area contributed by atoms with Gasteiger partial charge in [-0.1, -0.05) is 109 Å². The number of aliphatic hydroxyl groups is 1. The largest absolute Gasteiger partial charge is 0.378 e. The molecule has 1 atom stereocenters. The monoisotopic (exact) mass is 379 g/mol. The molecule has 29 heavy (non-hydrogen) atoms. The van der Waals surface area contributed by atoms with Gasteiger partial charge in [-0.05, 0) is 35.7 Å². The zero-order valence-corrected chi connectivity index (χ0v) is 16.5. The highest BCUT2D eigenvalue weighted by molar-refractivity contribution is 5.51. The lowest BCUT2D eigenvalue weighted by atomic mass is 9.77. The molecular formula is C27H25NO. The van der Waals surface area contributed by atoms with Gasteiger partial charge < -0.3 is 10.4 Å². The first kappa shape index (κ1) is 19.0. The number of benzene rings is 4. The van der Waals surface area contributed by atoms with Crippen LogP contribution in [0.2, 0.25) is 0 Å². The molecule has 144 valence electrons. The van der Waals surface area contributed by atoms with Crippen LogP contribution < -0.4 is 5.32 Å². The van der Waals surface area contributed by atoms with Gasteiger partial charge in [0.15, 0.2) is 0 Å². The summed E-state index contributed by atoms with van der Waals surface area (Å²) < 4.78 is 0. The van der Waals surface area contributed by atoms with E-state index < -0.39 is 5.60 Å².